The molecule has 2 unspecified atom stereocenters. The maximum absolute atomic E-state index is 11.5. The summed E-state index contributed by atoms with van der Waals surface area (Å²) >= 11 is 12.7. The minimum absolute atomic E-state index is 0.0140. The van der Waals surface area contributed by atoms with Gasteiger partial charge in [0, 0.05) is 13.7 Å². The summed E-state index contributed by atoms with van der Waals surface area (Å²) in [6.45, 7) is 0.0558. The zero-order valence-corrected chi connectivity index (χ0v) is 18.0. The van der Waals surface area contributed by atoms with E-state index in [2.05, 4.69) is 5.10 Å². The molecule has 0 amide bonds. The average Bonchev–Trinajstić information content (AvgIpc) is 3.12. The maximum atomic E-state index is 11.5. The number of allylic oxidation sites excluding steroid dienone is 2. The van der Waals surface area contributed by atoms with E-state index in [1.165, 1.54) is 19.2 Å². The van der Waals surface area contributed by atoms with E-state index in [9.17, 15) is 8.42 Å². The third kappa shape index (κ3) is 4.74. The molecule has 7 nitrogen and oxygen atoms in total. The standard InChI is InChI=1S/C19H21Cl2N3O4S/c1-28-19(21)9-8-13(11-18(19)20)17-12-14(3-2-10-25)23-24(17)15-4-6-16(7-5-15)29(22,26)27/h4-9,11-12,18,25H,2-3,10H2,1H3,(H2,22,26,27). The lowest BCUT2D eigenvalue weighted by Gasteiger charge is -2.28. The van der Waals surface area contributed by atoms with Crippen molar-refractivity contribution in [2.75, 3.05) is 13.7 Å². The number of ether oxygens (including phenoxy) is 1. The Hall–Kier alpha value is -1.68. The lowest BCUT2D eigenvalue weighted by Crippen LogP contribution is -2.33. The molecule has 3 N–H and O–H groups in total. The first kappa shape index (κ1) is 22.0. The van der Waals surface area contributed by atoms with Gasteiger partial charge in [-0.2, -0.15) is 5.10 Å². The van der Waals surface area contributed by atoms with Crippen molar-refractivity contribution < 1.29 is 18.3 Å². The number of hydrogen-bond donors (Lipinski definition) is 2. The number of rotatable bonds is 7. The molecule has 29 heavy (non-hydrogen) atoms. The summed E-state index contributed by atoms with van der Waals surface area (Å²) in [5, 5.41) is 17.2. The van der Waals surface area contributed by atoms with Crippen LogP contribution in [0.15, 0.2) is 53.5 Å². The molecular weight excluding hydrogens is 437 g/mol. The fraction of sp³-hybridized carbons (Fsp3) is 0.316. The molecule has 0 aliphatic heterocycles. The van der Waals surface area contributed by atoms with Crippen molar-refractivity contribution in [2.24, 2.45) is 5.14 Å². The second-order valence-corrected chi connectivity index (χ2v) is 9.18. The molecule has 3 rings (SSSR count). The first-order chi connectivity index (χ1) is 13.7. The Bertz CT molecular complexity index is 1050. The summed E-state index contributed by atoms with van der Waals surface area (Å²) in [7, 11) is -2.31. The second kappa shape index (κ2) is 8.59. The first-order valence-corrected chi connectivity index (χ1v) is 11.2. The topological polar surface area (TPSA) is 107 Å². The van der Waals surface area contributed by atoms with Gasteiger partial charge in [0.15, 0.2) is 5.06 Å². The van der Waals surface area contributed by atoms with Crippen molar-refractivity contribution in [1.82, 2.24) is 9.78 Å². The molecule has 0 spiro atoms. The van der Waals surface area contributed by atoms with Crippen molar-refractivity contribution in [1.29, 1.82) is 0 Å². The van der Waals surface area contributed by atoms with E-state index >= 15 is 0 Å². The second-order valence-electron chi connectivity index (χ2n) is 6.56. The third-order valence-corrected chi connectivity index (χ3v) is 6.57. The molecule has 10 heteroatoms. The van der Waals surface area contributed by atoms with Crippen LogP contribution in [-0.4, -0.2) is 47.5 Å². The van der Waals surface area contributed by atoms with Crippen LogP contribution in [0.4, 0.5) is 0 Å². The number of nitrogens with zero attached hydrogens (tertiary/aromatic N) is 2. The van der Waals surface area contributed by atoms with Gasteiger partial charge < -0.3 is 9.84 Å². The predicted molar refractivity (Wildman–Crippen MR) is 113 cm³/mol. The van der Waals surface area contributed by atoms with Gasteiger partial charge in [-0.25, -0.2) is 18.2 Å². The van der Waals surface area contributed by atoms with Gasteiger partial charge in [-0.1, -0.05) is 23.8 Å². The van der Waals surface area contributed by atoms with Crippen molar-refractivity contribution in [3.63, 3.8) is 0 Å². The molecular formula is C19H21Cl2N3O4S. The number of aliphatic hydroxyl groups is 1. The molecule has 2 aromatic rings. The molecule has 156 valence electrons. The third-order valence-electron chi connectivity index (χ3n) is 4.56. The van der Waals surface area contributed by atoms with E-state index in [-0.39, 0.29) is 11.5 Å². The van der Waals surface area contributed by atoms with E-state index in [0.29, 0.717) is 18.5 Å². The highest BCUT2D eigenvalue weighted by molar-refractivity contribution is 7.89. The molecule has 1 aromatic heterocycles. The Labute approximate surface area is 179 Å². The highest BCUT2D eigenvalue weighted by atomic mass is 35.5. The molecule has 0 radical (unpaired) electrons. The normalized spacial score (nSPS) is 22.0. The van der Waals surface area contributed by atoms with Crippen LogP contribution in [-0.2, 0) is 21.2 Å². The number of sulfonamides is 1. The van der Waals surface area contributed by atoms with Crippen LogP contribution in [0.5, 0.6) is 0 Å². The number of halogens is 2. The Balaban J connectivity index is 2.05. The predicted octanol–water partition coefficient (Wildman–Crippen LogP) is 2.59. The molecule has 0 fully saturated rings. The van der Waals surface area contributed by atoms with E-state index < -0.39 is 20.5 Å². The van der Waals surface area contributed by atoms with Gasteiger partial charge in [-0.15, -0.1) is 11.6 Å². The smallest absolute Gasteiger partial charge is 0.238 e. The Morgan fingerprint density at radius 2 is 2.03 bits per heavy atom. The minimum Gasteiger partial charge on any atom is -0.396 e. The zero-order valence-electron chi connectivity index (χ0n) is 15.6. The van der Waals surface area contributed by atoms with Crippen LogP contribution in [0.2, 0.25) is 0 Å². The van der Waals surface area contributed by atoms with Gasteiger partial charge in [0.25, 0.3) is 0 Å². The van der Waals surface area contributed by atoms with Crippen LogP contribution in [0.3, 0.4) is 0 Å². The highest BCUT2D eigenvalue weighted by Crippen LogP contribution is 2.36. The molecule has 2 atom stereocenters. The summed E-state index contributed by atoms with van der Waals surface area (Å²) in [5.41, 5.74) is 2.96. The monoisotopic (exact) mass is 457 g/mol. The number of aliphatic hydroxyl groups excluding tert-OH is 1. The van der Waals surface area contributed by atoms with Crippen molar-refractivity contribution in [2.45, 2.75) is 28.2 Å². The molecule has 0 saturated heterocycles. The van der Waals surface area contributed by atoms with Gasteiger partial charge in [-0.05, 0) is 54.8 Å². The number of aromatic nitrogens is 2. The summed E-state index contributed by atoms with van der Waals surface area (Å²) in [5.74, 6) is 0. The van der Waals surface area contributed by atoms with Gasteiger partial charge in [0.2, 0.25) is 10.0 Å². The zero-order chi connectivity index (χ0) is 21.2. The van der Waals surface area contributed by atoms with E-state index in [1.807, 2.05) is 6.07 Å². The molecule has 1 aliphatic carbocycles. The van der Waals surface area contributed by atoms with Gasteiger partial charge in [0.1, 0.15) is 0 Å². The number of alkyl halides is 2. The highest BCUT2D eigenvalue weighted by Gasteiger charge is 2.35. The van der Waals surface area contributed by atoms with Crippen molar-refractivity contribution in [3.8, 4) is 5.69 Å². The Morgan fingerprint density at radius 1 is 1.34 bits per heavy atom. The largest absolute Gasteiger partial charge is 0.396 e. The fourth-order valence-electron chi connectivity index (χ4n) is 2.97. The summed E-state index contributed by atoms with van der Waals surface area (Å²) in [6.07, 6.45) is 6.42. The molecule has 0 bridgehead atoms. The first-order valence-electron chi connectivity index (χ1n) is 8.80. The number of benzene rings is 1. The van der Waals surface area contributed by atoms with Crippen LogP contribution in [0, 0.1) is 0 Å². The minimum atomic E-state index is -3.79. The number of primary sulfonamides is 1. The lowest BCUT2D eigenvalue weighted by molar-refractivity contribution is 0.109. The van der Waals surface area contributed by atoms with Crippen LogP contribution in [0.1, 0.15) is 17.8 Å². The average molecular weight is 458 g/mol. The number of methoxy groups -OCH3 is 1. The van der Waals surface area contributed by atoms with Gasteiger partial charge >= 0.3 is 0 Å². The molecule has 1 aromatic carbocycles. The van der Waals surface area contributed by atoms with Gasteiger partial charge in [0.05, 0.1) is 27.3 Å². The quantitative estimate of drug-likeness (QED) is 0.621. The molecule has 1 aliphatic rings. The fourth-order valence-corrected chi connectivity index (χ4v) is 3.90. The van der Waals surface area contributed by atoms with Crippen LogP contribution >= 0.6 is 23.2 Å². The van der Waals surface area contributed by atoms with Gasteiger partial charge in [-0.3, -0.25) is 0 Å². The van der Waals surface area contributed by atoms with Crippen LogP contribution < -0.4 is 5.14 Å². The Kier molecular flexibility index (Phi) is 6.52. The summed E-state index contributed by atoms with van der Waals surface area (Å²) in [4.78, 5) is 0.0140. The lowest BCUT2D eigenvalue weighted by atomic mass is 10.0. The summed E-state index contributed by atoms with van der Waals surface area (Å²) in [6, 6.07) is 8.00. The van der Waals surface area contributed by atoms with E-state index in [0.717, 1.165) is 17.0 Å². The maximum Gasteiger partial charge on any atom is 0.238 e. The van der Waals surface area contributed by atoms with E-state index in [4.69, 9.17) is 38.2 Å². The Morgan fingerprint density at radius 3 is 2.59 bits per heavy atom. The van der Waals surface area contributed by atoms with Crippen LogP contribution in [0.25, 0.3) is 11.3 Å². The number of hydrogen-bond acceptors (Lipinski definition) is 5. The van der Waals surface area contributed by atoms with Crippen molar-refractivity contribution in [3.05, 3.63) is 59.9 Å². The number of nitrogens with two attached hydrogens (primary N) is 1. The SMILES string of the molecule is COC1(Cl)C=CC(c2cc(CCCO)nn2-c2ccc(S(N)(=O)=O)cc2)=CC1Cl. The molecule has 0 saturated carbocycles. The van der Waals surface area contributed by atoms with Crippen molar-refractivity contribution >= 4 is 38.8 Å². The number of aryl methyl sites for hydroxylation is 1. The summed E-state index contributed by atoms with van der Waals surface area (Å²) < 4.78 is 30.0. The van der Waals surface area contributed by atoms with E-state index in [1.54, 1.807) is 35.0 Å². The molecule has 1 heterocycles.